The molecule has 0 aliphatic carbocycles. The van der Waals surface area contributed by atoms with Crippen molar-refractivity contribution < 1.29 is 4.79 Å². The molecule has 3 nitrogen and oxygen atoms in total. The van der Waals surface area contributed by atoms with E-state index >= 15 is 0 Å². The molecule has 0 spiro atoms. The van der Waals surface area contributed by atoms with Crippen molar-refractivity contribution in [1.82, 2.24) is 4.57 Å². The van der Waals surface area contributed by atoms with Crippen molar-refractivity contribution in [1.29, 1.82) is 0 Å². The predicted octanol–water partition coefficient (Wildman–Crippen LogP) is 5.00. The zero-order chi connectivity index (χ0) is 16.8. The van der Waals surface area contributed by atoms with Gasteiger partial charge in [-0.05, 0) is 37.6 Å². The van der Waals surface area contributed by atoms with Crippen LogP contribution in [0, 0.1) is 13.8 Å². The monoisotopic (exact) mass is 336 g/mol. The Morgan fingerprint density at radius 2 is 2.04 bits per heavy atom. The van der Waals surface area contributed by atoms with Crippen LogP contribution in [0.4, 0.5) is 5.69 Å². The lowest BCUT2D eigenvalue weighted by atomic mass is 10.1. The van der Waals surface area contributed by atoms with Gasteiger partial charge in [-0.1, -0.05) is 36.8 Å². The maximum absolute atomic E-state index is 12.9. The summed E-state index contributed by atoms with van der Waals surface area (Å²) in [5, 5.41) is 4.68. The first-order chi connectivity index (χ1) is 11.5. The summed E-state index contributed by atoms with van der Waals surface area (Å²) in [5.41, 5.74) is 5.09. The van der Waals surface area contributed by atoms with E-state index in [0.29, 0.717) is 5.25 Å². The number of aryl methyl sites for hydroxylation is 2. The third kappa shape index (κ3) is 2.51. The molecule has 1 atom stereocenters. The Bertz CT molecular complexity index is 958. The predicted molar refractivity (Wildman–Crippen MR) is 101 cm³/mol. The zero-order valence-corrected chi connectivity index (χ0v) is 14.9. The third-order valence-electron chi connectivity index (χ3n) is 4.51. The smallest absolute Gasteiger partial charge is 0.272 e. The molecular formula is C20H20N2OS. The lowest BCUT2D eigenvalue weighted by molar-refractivity contribution is 0.101. The fourth-order valence-corrected chi connectivity index (χ4v) is 4.57. The Balaban J connectivity index is 1.76. The zero-order valence-electron chi connectivity index (χ0n) is 14.1. The van der Waals surface area contributed by atoms with Crippen molar-refractivity contribution in [2.45, 2.75) is 37.5 Å². The summed E-state index contributed by atoms with van der Waals surface area (Å²) >= 11 is 1.88. The van der Waals surface area contributed by atoms with Gasteiger partial charge in [0.25, 0.3) is 5.91 Å². The number of carbonyl (C=O) groups is 1. The fraction of sp³-hybridized carbons (Fsp3) is 0.250. The quantitative estimate of drug-likeness (QED) is 0.714. The van der Waals surface area contributed by atoms with Gasteiger partial charge in [0.05, 0.1) is 5.52 Å². The topological polar surface area (TPSA) is 34.0 Å². The fourth-order valence-electron chi connectivity index (χ4n) is 3.41. The molecule has 0 fully saturated rings. The Morgan fingerprint density at radius 1 is 1.21 bits per heavy atom. The third-order valence-corrected chi connectivity index (χ3v) is 5.65. The molecule has 0 radical (unpaired) electrons. The summed E-state index contributed by atoms with van der Waals surface area (Å²) in [6.07, 6.45) is 0. The van der Waals surface area contributed by atoms with Crippen LogP contribution in [-0.2, 0) is 6.54 Å². The number of nitrogens with zero attached hydrogens (tertiary/aromatic N) is 1. The minimum absolute atomic E-state index is 0.0387. The standard InChI is InChI=1S/C20H20N2OS/c1-12-7-8-16(13(2)9-12)21-20(23)17-10-15-5-4-6-18-19(15)22(17)11-14(3)24-18/h4-10,14H,11H2,1-3H3,(H,21,23)/t14-/m0/s1. The second kappa shape index (κ2) is 5.71. The molecule has 3 aromatic rings. The molecule has 4 rings (SSSR count). The Kier molecular flexibility index (Phi) is 3.65. The van der Waals surface area contributed by atoms with E-state index in [1.807, 2.05) is 36.9 Å². The van der Waals surface area contributed by atoms with Crippen molar-refractivity contribution in [2.75, 3.05) is 5.32 Å². The molecule has 24 heavy (non-hydrogen) atoms. The molecule has 1 aliphatic heterocycles. The van der Waals surface area contributed by atoms with Gasteiger partial charge in [0.1, 0.15) is 5.69 Å². The van der Waals surface area contributed by atoms with Crippen LogP contribution in [-0.4, -0.2) is 15.7 Å². The Hall–Kier alpha value is -2.20. The van der Waals surface area contributed by atoms with Gasteiger partial charge < -0.3 is 9.88 Å². The Labute approximate surface area is 146 Å². The number of aromatic nitrogens is 1. The van der Waals surface area contributed by atoms with Crippen LogP contribution < -0.4 is 5.32 Å². The van der Waals surface area contributed by atoms with E-state index in [2.05, 4.69) is 48.0 Å². The van der Waals surface area contributed by atoms with Gasteiger partial charge in [-0.2, -0.15) is 0 Å². The highest BCUT2D eigenvalue weighted by molar-refractivity contribution is 8.00. The van der Waals surface area contributed by atoms with Gasteiger partial charge in [0.15, 0.2) is 0 Å². The molecule has 1 aliphatic rings. The number of benzene rings is 2. The molecule has 0 saturated carbocycles. The number of carbonyl (C=O) groups excluding carboxylic acids is 1. The second-order valence-electron chi connectivity index (χ2n) is 6.54. The van der Waals surface area contributed by atoms with Gasteiger partial charge >= 0.3 is 0 Å². The summed E-state index contributed by atoms with van der Waals surface area (Å²) in [4.78, 5) is 14.2. The van der Waals surface area contributed by atoms with Crippen LogP contribution in [0.1, 0.15) is 28.5 Å². The summed E-state index contributed by atoms with van der Waals surface area (Å²) in [6, 6.07) is 14.4. The van der Waals surface area contributed by atoms with Crippen molar-refractivity contribution in [2.24, 2.45) is 0 Å². The number of rotatable bonds is 2. The van der Waals surface area contributed by atoms with Crippen LogP contribution in [0.15, 0.2) is 47.4 Å². The first kappa shape index (κ1) is 15.3. The van der Waals surface area contributed by atoms with Gasteiger partial charge in [-0.15, -0.1) is 11.8 Å². The molecular weight excluding hydrogens is 316 g/mol. The number of para-hydroxylation sites is 1. The van der Waals surface area contributed by atoms with Crippen molar-refractivity contribution >= 4 is 34.3 Å². The van der Waals surface area contributed by atoms with E-state index in [4.69, 9.17) is 0 Å². The minimum atomic E-state index is -0.0387. The van der Waals surface area contributed by atoms with Crippen molar-refractivity contribution in [3.8, 4) is 0 Å². The number of thioether (sulfide) groups is 1. The van der Waals surface area contributed by atoms with Crippen molar-refractivity contribution in [3.05, 3.63) is 59.3 Å². The molecule has 1 amide bonds. The largest absolute Gasteiger partial charge is 0.334 e. The van der Waals surface area contributed by atoms with E-state index in [1.54, 1.807) is 0 Å². The van der Waals surface area contributed by atoms with Crippen LogP contribution in [0.5, 0.6) is 0 Å². The first-order valence-corrected chi connectivity index (χ1v) is 9.08. The molecule has 122 valence electrons. The summed E-state index contributed by atoms with van der Waals surface area (Å²) in [5.74, 6) is -0.0387. The van der Waals surface area contributed by atoms with Gasteiger partial charge in [0.2, 0.25) is 0 Å². The number of anilines is 1. The van der Waals surface area contributed by atoms with Gasteiger partial charge in [-0.3, -0.25) is 4.79 Å². The highest BCUT2D eigenvalue weighted by Crippen LogP contribution is 2.38. The molecule has 0 unspecified atom stereocenters. The van der Waals surface area contributed by atoms with Crippen molar-refractivity contribution in [3.63, 3.8) is 0 Å². The molecule has 1 aromatic heterocycles. The van der Waals surface area contributed by atoms with Gasteiger partial charge in [-0.25, -0.2) is 0 Å². The molecule has 2 aromatic carbocycles. The summed E-state index contributed by atoms with van der Waals surface area (Å²) in [6.45, 7) is 7.15. The highest BCUT2D eigenvalue weighted by atomic mass is 32.2. The Morgan fingerprint density at radius 3 is 2.83 bits per heavy atom. The maximum Gasteiger partial charge on any atom is 0.272 e. The summed E-state index contributed by atoms with van der Waals surface area (Å²) < 4.78 is 2.17. The van der Waals surface area contributed by atoms with E-state index in [0.717, 1.165) is 28.9 Å². The SMILES string of the molecule is Cc1ccc(NC(=O)c2cc3cccc4c3n2C[C@H](C)S4)c(C)c1. The second-order valence-corrected chi connectivity index (χ2v) is 8.02. The minimum Gasteiger partial charge on any atom is -0.334 e. The lowest BCUT2D eigenvalue weighted by Crippen LogP contribution is -2.22. The number of hydrogen-bond acceptors (Lipinski definition) is 2. The normalized spacial score (nSPS) is 16.4. The maximum atomic E-state index is 12.9. The highest BCUT2D eigenvalue weighted by Gasteiger charge is 2.24. The average Bonchev–Trinajstić information content (AvgIpc) is 2.90. The lowest BCUT2D eigenvalue weighted by Gasteiger charge is -2.22. The molecule has 0 saturated heterocycles. The molecule has 2 heterocycles. The summed E-state index contributed by atoms with van der Waals surface area (Å²) in [7, 11) is 0. The van der Waals surface area contributed by atoms with E-state index in [9.17, 15) is 4.79 Å². The van der Waals surface area contributed by atoms with Crippen LogP contribution in [0.2, 0.25) is 0 Å². The average molecular weight is 336 g/mol. The van der Waals surface area contributed by atoms with E-state index in [1.165, 1.54) is 16.0 Å². The molecule has 1 N–H and O–H groups in total. The molecule has 0 bridgehead atoms. The molecule has 4 heteroatoms. The number of hydrogen-bond donors (Lipinski definition) is 1. The van der Waals surface area contributed by atoms with E-state index < -0.39 is 0 Å². The number of amides is 1. The van der Waals surface area contributed by atoms with Crippen LogP contribution >= 0.6 is 11.8 Å². The van der Waals surface area contributed by atoms with E-state index in [-0.39, 0.29) is 5.91 Å². The van der Waals surface area contributed by atoms with Crippen LogP contribution in [0.3, 0.4) is 0 Å². The van der Waals surface area contributed by atoms with Crippen LogP contribution in [0.25, 0.3) is 10.9 Å². The number of nitrogens with one attached hydrogen (secondary N) is 1. The van der Waals surface area contributed by atoms with Gasteiger partial charge in [0, 0.05) is 27.8 Å². The first-order valence-electron chi connectivity index (χ1n) is 8.20.